The minimum atomic E-state index is -0.516. The Morgan fingerprint density at radius 1 is 1.47 bits per heavy atom. The molecule has 0 bridgehead atoms. The van der Waals surface area contributed by atoms with E-state index in [4.69, 9.17) is 5.73 Å². The lowest BCUT2D eigenvalue weighted by Crippen LogP contribution is -2.37. The van der Waals surface area contributed by atoms with E-state index in [2.05, 4.69) is 10.2 Å². The molecule has 2 heterocycles. The van der Waals surface area contributed by atoms with Crippen LogP contribution in [0.4, 0.5) is 0 Å². The van der Waals surface area contributed by atoms with Crippen LogP contribution < -0.4 is 5.73 Å². The van der Waals surface area contributed by atoms with Crippen LogP contribution in [-0.4, -0.2) is 40.0 Å². The Balaban J connectivity index is 1.92. The SMILES string of the molecule is CCCC(=O)N1CCC(c2cc(C(N)=O)n[nH]2)CC1. The van der Waals surface area contributed by atoms with Crippen molar-refractivity contribution in [3.05, 3.63) is 17.5 Å². The van der Waals surface area contributed by atoms with Crippen LogP contribution in [-0.2, 0) is 4.79 Å². The van der Waals surface area contributed by atoms with E-state index < -0.39 is 5.91 Å². The van der Waals surface area contributed by atoms with Crippen molar-refractivity contribution in [2.24, 2.45) is 5.73 Å². The number of carbonyl (C=O) groups is 2. The van der Waals surface area contributed by atoms with Gasteiger partial charge in [0, 0.05) is 31.1 Å². The van der Waals surface area contributed by atoms with Crippen LogP contribution in [0.15, 0.2) is 6.07 Å². The number of aromatic nitrogens is 2. The Bertz CT molecular complexity index is 461. The molecule has 1 aliphatic rings. The van der Waals surface area contributed by atoms with Crippen LogP contribution in [0, 0.1) is 0 Å². The second-order valence-electron chi connectivity index (χ2n) is 4.98. The molecule has 1 aromatic rings. The summed E-state index contributed by atoms with van der Waals surface area (Å²) < 4.78 is 0. The van der Waals surface area contributed by atoms with Gasteiger partial charge in [0.2, 0.25) is 5.91 Å². The third-order valence-corrected chi connectivity index (χ3v) is 3.60. The predicted octanol–water partition coefficient (Wildman–Crippen LogP) is 1.01. The van der Waals surface area contributed by atoms with E-state index in [1.54, 1.807) is 6.07 Å². The minimum Gasteiger partial charge on any atom is -0.364 e. The topological polar surface area (TPSA) is 92.1 Å². The standard InChI is InChI=1S/C13H20N4O2/c1-2-3-12(18)17-6-4-9(5-7-17)10-8-11(13(14)19)16-15-10/h8-9H,2-7H2,1H3,(H2,14,19)(H,15,16). The van der Waals surface area contributed by atoms with Crippen molar-refractivity contribution in [2.75, 3.05) is 13.1 Å². The number of primary amides is 1. The fraction of sp³-hybridized carbons (Fsp3) is 0.615. The molecule has 6 heteroatoms. The summed E-state index contributed by atoms with van der Waals surface area (Å²) in [6.07, 6.45) is 3.31. The number of nitrogens with one attached hydrogen (secondary N) is 1. The second kappa shape index (κ2) is 5.86. The molecule has 1 fully saturated rings. The van der Waals surface area contributed by atoms with Gasteiger partial charge >= 0.3 is 0 Å². The summed E-state index contributed by atoms with van der Waals surface area (Å²) in [5.41, 5.74) is 6.40. The summed E-state index contributed by atoms with van der Waals surface area (Å²) in [6.45, 7) is 3.56. The highest BCUT2D eigenvalue weighted by atomic mass is 16.2. The summed E-state index contributed by atoms with van der Waals surface area (Å²) in [7, 11) is 0. The summed E-state index contributed by atoms with van der Waals surface area (Å²) in [4.78, 5) is 24.7. The van der Waals surface area contributed by atoms with E-state index >= 15 is 0 Å². The highest BCUT2D eigenvalue weighted by Crippen LogP contribution is 2.27. The molecule has 0 atom stereocenters. The molecule has 1 saturated heterocycles. The van der Waals surface area contributed by atoms with Gasteiger partial charge in [-0.15, -0.1) is 0 Å². The number of hydrogen-bond acceptors (Lipinski definition) is 3. The molecule has 0 unspecified atom stereocenters. The lowest BCUT2D eigenvalue weighted by Gasteiger charge is -2.31. The van der Waals surface area contributed by atoms with Crippen LogP contribution in [0.3, 0.4) is 0 Å². The van der Waals surface area contributed by atoms with Crippen molar-refractivity contribution in [2.45, 2.75) is 38.5 Å². The molecule has 0 radical (unpaired) electrons. The number of piperidine rings is 1. The first-order chi connectivity index (χ1) is 9.11. The molecule has 0 spiro atoms. The van der Waals surface area contributed by atoms with E-state index in [9.17, 15) is 9.59 Å². The molecule has 6 nitrogen and oxygen atoms in total. The highest BCUT2D eigenvalue weighted by Gasteiger charge is 2.24. The van der Waals surface area contributed by atoms with Crippen molar-refractivity contribution < 1.29 is 9.59 Å². The lowest BCUT2D eigenvalue weighted by atomic mass is 9.93. The van der Waals surface area contributed by atoms with E-state index in [1.807, 2.05) is 11.8 Å². The zero-order chi connectivity index (χ0) is 13.8. The predicted molar refractivity (Wildman–Crippen MR) is 70.6 cm³/mol. The molecule has 19 heavy (non-hydrogen) atoms. The largest absolute Gasteiger partial charge is 0.364 e. The van der Waals surface area contributed by atoms with Crippen molar-refractivity contribution >= 4 is 11.8 Å². The molecular weight excluding hydrogens is 244 g/mol. The second-order valence-corrected chi connectivity index (χ2v) is 4.98. The molecule has 2 amide bonds. The number of amides is 2. The number of H-pyrrole nitrogens is 1. The molecule has 1 aliphatic heterocycles. The van der Waals surface area contributed by atoms with Gasteiger partial charge in [-0.2, -0.15) is 5.10 Å². The van der Waals surface area contributed by atoms with Crippen molar-refractivity contribution in [1.82, 2.24) is 15.1 Å². The Morgan fingerprint density at radius 3 is 2.68 bits per heavy atom. The first-order valence-electron chi connectivity index (χ1n) is 6.74. The first-order valence-corrected chi connectivity index (χ1v) is 6.74. The van der Waals surface area contributed by atoms with Gasteiger partial charge < -0.3 is 10.6 Å². The molecule has 0 saturated carbocycles. The van der Waals surface area contributed by atoms with Gasteiger partial charge in [-0.3, -0.25) is 14.7 Å². The Kier molecular flexibility index (Phi) is 4.19. The number of likely N-dealkylation sites (tertiary alicyclic amines) is 1. The van der Waals surface area contributed by atoms with E-state index in [0.29, 0.717) is 12.3 Å². The van der Waals surface area contributed by atoms with Crippen LogP contribution in [0.1, 0.15) is 54.7 Å². The van der Waals surface area contributed by atoms with Gasteiger partial charge in [0.15, 0.2) is 0 Å². The van der Waals surface area contributed by atoms with Gasteiger partial charge in [-0.25, -0.2) is 0 Å². The Morgan fingerprint density at radius 2 is 2.16 bits per heavy atom. The Labute approximate surface area is 112 Å². The number of hydrogen-bond donors (Lipinski definition) is 2. The van der Waals surface area contributed by atoms with Crippen molar-refractivity contribution in [1.29, 1.82) is 0 Å². The first kappa shape index (κ1) is 13.6. The minimum absolute atomic E-state index is 0.239. The van der Waals surface area contributed by atoms with Gasteiger partial charge in [0.05, 0.1) is 0 Å². The lowest BCUT2D eigenvalue weighted by molar-refractivity contribution is -0.132. The average molecular weight is 264 g/mol. The van der Waals surface area contributed by atoms with Gasteiger partial charge in [0.25, 0.3) is 5.91 Å². The van der Waals surface area contributed by atoms with E-state index in [1.165, 1.54) is 0 Å². The molecule has 0 aromatic carbocycles. The number of aromatic amines is 1. The summed E-state index contributed by atoms with van der Waals surface area (Å²) in [6, 6.07) is 1.72. The van der Waals surface area contributed by atoms with Crippen molar-refractivity contribution in [3.63, 3.8) is 0 Å². The molecule has 3 N–H and O–H groups in total. The van der Waals surface area contributed by atoms with Gasteiger partial charge in [-0.1, -0.05) is 6.92 Å². The van der Waals surface area contributed by atoms with E-state index in [0.717, 1.165) is 38.0 Å². The van der Waals surface area contributed by atoms with Crippen LogP contribution in [0.25, 0.3) is 0 Å². The molecule has 1 aromatic heterocycles. The summed E-state index contributed by atoms with van der Waals surface area (Å²) in [5.74, 6) is 0.0488. The van der Waals surface area contributed by atoms with E-state index in [-0.39, 0.29) is 11.6 Å². The summed E-state index contributed by atoms with van der Waals surface area (Å²) in [5, 5.41) is 6.77. The maximum absolute atomic E-state index is 11.8. The maximum Gasteiger partial charge on any atom is 0.269 e. The number of carbonyl (C=O) groups excluding carboxylic acids is 2. The number of rotatable bonds is 4. The fourth-order valence-electron chi connectivity index (χ4n) is 2.48. The summed E-state index contributed by atoms with van der Waals surface area (Å²) >= 11 is 0. The fourth-order valence-corrected chi connectivity index (χ4v) is 2.48. The molecular formula is C13H20N4O2. The zero-order valence-electron chi connectivity index (χ0n) is 11.2. The monoisotopic (exact) mass is 264 g/mol. The van der Waals surface area contributed by atoms with Crippen LogP contribution >= 0.6 is 0 Å². The van der Waals surface area contributed by atoms with Crippen LogP contribution in [0.2, 0.25) is 0 Å². The van der Waals surface area contributed by atoms with Gasteiger partial charge in [-0.05, 0) is 25.3 Å². The molecule has 104 valence electrons. The van der Waals surface area contributed by atoms with Crippen molar-refractivity contribution in [3.8, 4) is 0 Å². The Hall–Kier alpha value is -1.85. The van der Waals surface area contributed by atoms with Crippen LogP contribution in [0.5, 0.6) is 0 Å². The number of nitrogens with two attached hydrogens (primary N) is 1. The average Bonchev–Trinajstić information content (AvgIpc) is 2.89. The molecule has 2 rings (SSSR count). The number of nitrogens with zero attached hydrogens (tertiary/aromatic N) is 2. The molecule has 0 aliphatic carbocycles. The quantitative estimate of drug-likeness (QED) is 0.850. The maximum atomic E-state index is 11.8. The highest BCUT2D eigenvalue weighted by molar-refractivity contribution is 5.90. The van der Waals surface area contributed by atoms with Gasteiger partial charge in [0.1, 0.15) is 5.69 Å². The third-order valence-electron chi connectivity index (χ3n) is 3.60. The third kappa shape index (κ3) is 3.13. The zero-order valence-corrected chi connectivity index (χ0v) is 11.2. The smallest absolute Gasteiger partial charge is 0.269 e. The normalized spacial score (nSPS) is 16.6.